The van der Waals surface area contributed by atoms with Gasteiger partial charge in [0.05, 0.1) is 11.2 Å². The molecular formula is C22H24N4O4S. The van der Waals surface area contributed by atoms with E-state index in [4.69, 9.17) is 0 Å². The number of nitrogens with zero attached hydrogens (tertiary/aromatic N) is 2. The number of amidine groups is 1. The average molecular weight is 441 g/mol. The molecule has 1 aliphatic heterocycles. The van der Waals surface area contributed by atoms with E-state index in [1.807, 2.05) is 6.07 Å². The molecule has 3 aromatic rings. The van der Waals surface area contributed by atoms with E-state index in [1.165, 1.54) is 11.1 Å². The Morgan fingerprint density at radius 3 is 2.55 bits per heavy atom. The maximum atomic E-state index is 13.6. The van der Waals surface area contributed by atoms with Gasteiger partial charge in [-0.2, -0.15) is 0 Å². The molecule has 0 bridgehead atoms. The van der Waals surface area contributed by atoms with Gasteiger partial charge in [0.25, 0.3) is 5.56 Å². The fraction of sp³-hybridized carbons (Fsp3) is 0.273. The van der Waals surface area contributed by atoms with Crippen LogP contribution in [0.5, 0.6) is 5.75 Å². The fourth-order valence-corrected chi connectivity index (χ4v) is 5.49. The Morgan fingerprint density at radius 1 is 1.03 bits per heavy atom. The first-order chi connectivity index (χ1) is 15.0. The van der Waals surface area contributed by atoms with E-state index >= 15 is 0 Å². The predicted octanol–water partition coefficient (Wildman–Crippen LogP) is 4.48. The van der Waals surface area contributed by atoms with Gasteiger partial charge in [-0.05, 0) is 37.1 Å². The van der Waals surface area contributed by atoms with Crippen molar-refractivity contribution in [2.75, 3.05) is 10.7 Å². The monoisotopic (exact) mass is 440 g/mol. The van der Waals surface area contributed by atoms with E-state index in [2.05, 4.69) is 15.1 Å². The number of aromatic nitrogens is 1. The maximum absolute atomic E-state index is 13.6. The summed E-state index contributed by atoms with van der Waals surface area (Å²) in [6.45, 7) is 0. The molecule has 0 unspecified atom stereocenters. The summed E-state index contributed by atoms with van der Waals surface area (Å²) in [6, 6.07) is 13.9. The number of anilines is 1. The number of para-hydroxylation sites is 2. The number of pyridine rings is 1. The smallest absolute Gasteiger partial charge is 0.284 e. The highest BCUT2D eigenvalue weighted by molar-refractivity contribution is 8.23. The van der Waals surface area contributed by atoms with Crippen molar-refractivity contribution in [2.45, 2.75) is 43.0 Å². The topological polar surface area (TPSA) is 119 Å². The van der Waals surface area contributed by atoms with Crippen molar-refractivity contribution in [2.24, 2.45) is 4.40 Å². The molecule has 0 saturated heterocycles. The zero-order chi connectivity index (χ0) is 21.6. The van der Waals surface area contributed by atoms with Crippen LogP contribution in [0, 0.1) is 0 Å². The second-order valence-electron chi connectivity index (χ2n) is 7.93. The Balaban J connectivity index is 1.69. The zero-order valence-corrected chi connectivity index (χ0v) is 17.6. The minimum atomic E-state index is -3.52. The molecule has 8 nitrogen and oxygen atoms in total. The third-order valence-electron chi connectivity index (χ3n) is 5.86. The lowest BCUT2D eigenvalue weighted by molar-refractivity contribution is 0.437. The van der Waals surface area contributed by atoms with Crippen LogP contribution < -0.4 is 16.3 Å². The summed E-state index contributed by atoms with van der Waals surface area (Å²) in [5, 5.41) is 14.5. The Hall–Kier alpha value is -3.01. The zero-order valence-electron chi connectivity index (χ0n) is 16.8. The molecule has 1 aromatic heterocycles. The van der Waals surface area contributed by atoms with Gasteiger partial charge >= 0.3 is 0 Å². The van der Waals surface area contributed by atoms with Gasteiger partial charge in [-0.1, -0.05) is 54.3 Å². The van der Waals surface area contributed by atoms with Crippen molar-refractivity contribution in [1.82, 2.24) is 4.68 Å². The predicted molar refractivity (Wildman–Crippen MR) is 124 cm³/mol. The van der Waals surface area contributed by atoms with Gasteiger partial charge in [0, 0.05) is 11.4 Å². The van der Waals surface area contributed by atoms with Gasteiger partial charge in [0.15, 0.2) is 5.84 Å². The molecule has 162 valence electrons. The van der Waals surface area contributed by atoms with Crippen LogP contribution in [0.4, 0.5) is 5.69 Å². The van der Waals surface area contributed by atoms with Crippen molar-refractivity contribution in [3.8, 4) is 5.75 Å². The van der Waals surface area contributed by atoms with E-state index in [0.717, 1.165) is 25.7 Å². The van der Waals surface area contributed by atoms with Crippen LogP contribution in [0.25, 0.3) is 10.9 Å². The summed E-state index contributed by atoms with van der Waals surface area (Å²) in [5.74, 6) is -0.311. The van der Waals surface area contributed by atoms with E-state index in [-0.39, 0.29) is 28.1 Å². The largest absolute Gasteiger partial charge is 0.506 e. The summed E-state index contributed by atoms with van der Waals surface area (Å²) < 4.78 is 26.7. The summed E-state index contributed by atoms with van der Waals surface area (Å²) in [7, 11) is -3.52. The lowest BCUT2D eigenvalue weighted by Crippen LogP contribution is -2.40. The first-order valence-electron chi connectivity index (χ1n) is 10.3. The van der Waals surface area contributed by atoms with Gasteiger partial charge in [0.1, 0.15) is 16.2 Å². The normalized spacial score (nSPS) is 19.2. The average Bonchev–Trinajstić information content (AvgIpc) is 2.77. The van der Waals surface area contributed by atoms with E-state index < -0.39 is 16.3 Å². The third kappa shape index (κ3) is 3.44. The Labute approximate surface area is 180 Å². The first-order valence-corrected chi connectivity index (χ1v) is 11.8. The Kier molecular flexibility index (Phi) is 4.88. The second kappa shape index (κ2) is 7.60. The van der Waals surface area contributed by atoms with Crippen LogP contribution in [0.2, 0.25) is 0 Å². The molecular weight excluding hydrogens is 416 g/mol. The van der Waals surface area contributed by atoms with Gasteiger partial charge in [-0.3, -0.25) is 13.9 Å². The maximum Gasteiger partial charge on any atom is 0.284 e. The van der Waals surface area contributed by atoms with Crippen molar-refractivity contribution in [3.05, 3.63) is 64.4 Å². The molecule has 2 aromatic carbocycles. The van der Waals surface area contributed by atoms with Crippen LogP contribution in [-0.4, -0.2) is 30.8 Å². The molecule has 5 rings (SSSR count). The Bertz CT molecular complexity index is 1250. The van der Waals surface area contributed by atoms with Gasteiger partial charge in [-0.15, -0.1) is 4.40 Å². The number of hydrogen-bond donors (Lipinski definition) is 5. The number of fused-ring (bicyclic) bond motifs is 2. The highest BCUT2D eigenvalue weighted by atomic mass is 32.3. The summed E-state index contributed by atoms with van der Waals surface area (Å²) in [5.41, 5.74) is 3.73. The molecule has 0 spiro atoms. The molecule has 1 saturated carbocycles. The molecule has 0 atom stereocenters. The molecule has 5 N–H and O–H groups in total. The van der Waals surface area contributed by atoms with Crippen LogP contribution in [0.1, 0.15) is 37.7 Å². The van der Waals surface area contributed by atoms with Gasteiger partial charge in [0.2, 0.25) is 0 Å². The fourth-order valence-electron chi connectivity index (χ4n) is 4.33. The lowest BCUT2D eigenvalue weighted by Gasteiger charge is -2.34. The molecule has 1 aliphatic carbocycles. The standard InChI is InChI=1S/C22H24N4O4S/c27-20-15-10-4-6-12-17(15)26(24-14-8-2-1-3-9-14)22(28)19(20)21-23-16-11-5-7-13-18(16)31(29,30)25-21/h4-7,10-14,24,27,29-30H,1-3,8-9H2,(H,23,25). The molecule has 9 heteroatoms. The SMILES string of the molecule is O=c1c(C2=NS(O)(O)c3ccccc3N2)c(O)c2ccccc2n1NC1CCCCC1. The van der Waals surface area contributed by atoms with Gasteiger partial charge in [-0.25, -0.2) is 4.68 Å². The highest BCUT2D eigenvalue weighted by Gasteiger charge is 2.30. The molecule has 31 heavy (non-hydrogen) atoms. The molecule has 2 aliphatic rings. The second-order valence-corrected chi connectivity index (χ2v) is 9.59. The minimum Gasteiger partial charge on any atom is -0.506 e. The molecule has 1 fully saturated rings. The quantitative estimate of drug-likeness (QED) is 0.410. The van der Waals surface area contributed by atoms with Crippen molar-refractivity contribution in [3.63, 3.8) is 0 Å². The third-order valence-corrected chi connectivity index (χ3v) is 7.24. The van der Waals surface area contributed by atoms with Crippen LogP contribution in [0.3, 0.4) is 0 Å². The van der Waals surface area contributed by atoms with Crippen molar-refractivity contribution < 1.29 is 14.2 Å². The highest BCUT2D eigenvalue weighted by Crippen LogP contribution is 2.55. The number of aromatic hydroxyl groups is 1. The van der Waals surface area contributed by atoms with E-state index in [1.54, 1.807) is 42.5 Å². The van der Waals surface area contributed by atoms with E-state index in [9.17, 15) is 19.0 Å². The molecule has 2 heterocycles. The Morgan fingerprint density at radius 2 is 1.74 bits per heavy atom. The minimum absolute atomic E-state index is 0.0638. The van der Waals surface area contributed by atoms with Crippen molar-refractivity contribution >= 4 is 33.2 Å². The van der Waals surface area contributed by atoms with Crippen LogP contribution in [0.15, 0.2) is 62.6 Å². The van der Waals surface area contributed by atoms with Crippen LogP contribution >= 0.6 is 10.8 Å². The lowest BCUT2D eigenvalue weighted by atomic mass is 9.96. The number of rotatable bonds is 3. The molecule has 0 radical (unpaired) electrons. The number of benzene rings is 2. The number of hydrogen-bond acceptors (Lipinski definition) is 7. The molecule has 0 amide bonds. The summed E-state index contributed by atoms with van der Waals surface area (Å²) in [4.78, 5) is 13.8. The van der Waals surface area contributed by atoms with Crippen molar-refractivity contribution in [1.29, 1.82) is 0 Å². The summed E-state index contributed by atoms with van der Waals surface area (Å²) in [6.07, 6.45) is 5.31. The van der Waals surface area contributed by atoms with Crippen LogP contribution in [-0.2, 0) is 0 Å². The van der Waals surface area contributed by atoms with E-state index in [0.29, 0.717) is 16.6 Å². The number of nitrogens with one attached hydrogen (secondary N) is 2. The summed E-state index contributed by atoms with van der Waals surface area (Å²) >= 11 is 0. The first kappa shape index (κ1) is 19.9. The van der Waals surface area contributed by atoms with Gasteiger partial charge < -0.3 is 15.8 Å².